The number of rotatable bonds is 3. The highest BCUT2D eigenvalue weighted by atomic mass is 79.9. The van der Waals surface area contributed by atoms with Crippen LogP contribution in [-0.2, 0) is 6.42 Å². The van der Waals surface area contributed by atoms with E-state index in [0.29, 0.717) is 10.3 Å². The number of aromatic amines is 1. The van der Waals surface area contributed by atoms with Gasteiger partial charge >= 0.3 is 0 Å². The number of aromatic nitrogens is 3. The Bertz CT molecular complexity index is 496. The van der Waals surface area contributed by atoms with Crippen molar-refractivity contribution in [2.45, 2.75) is 19.8 Å². The Hall–Kier alpha value is -1.23. The second-order valence-electron chi connectivity index (χ2n) is 3.48. The topological polar surface area (TPSA) is 41.6 Å². The van der Waals surface area contributed by atoms with Gasteiger partial charge in [-0.15, -0.1) is 0 Å². The molecule has 5 heteroatoms. The van der Waals surface area contributed by atoms with E-state index in [1.54, 1.807) is 6.07 Å². The molecule has 0 atom stereocenters. The zero-order chi connectivity index (χ0) is 11.5. The third-order valence-electron chi connectivity index (χ3n) is 2.19. The molecule has 1 aromatic heterocycles. The first-order valence-corrected chi connectivity index (χ1v) is 5.86. The molecule has 0 saturated heterocycles. The van der Waals surface area contributed by atoms with Gasteiger partial charge in [0.05, 0.1) is 0 Å². The lowest BCUT2D eigenvalue weighted by Gasteiger charge is -1.98. The summed E-state index contributed by atoms with van der Waals surface area (Å²) < 4.78 is 13.6. The van der Waals surface area contributed by atoms with Crippen molar-refractivity contribution < 1.29 is 4.39 Å². The summed E-state index contributed by atoms with van der Waals surface area (Å²) in [6.45, 7) is 2.08. The van der Waals surface area contributed by atoms with Crippen LogP contribution < -0.4 is 0 Å². The third kappa shape index (κ3) is 2.29. The zero-order valence-electron chi connectivity index (χ0n) is 8.80. The molecule has 2 rings (SSSR count). The fourth-order valence-corrected chi connectivity index (χ4v) is 1.96. The Balaban J connectivity index is 2.35. The average Bonchev–Trinajstić information content (AvgIpc) is 2.67. The lowest BCUT2D eigenvalue weighted by molar-refractivity contribution is 0.627. The lowest BCUT2D eigenvalue weighted by Crippen LogP contribution is -1.86. The van der Waals surface area contributed by atoms with E-state index in [9.17, 15) is 4.39 Å². The van der Waals surface area contributed by atoms with Crippen LogP contribution in [0.2, 0.25) is 0 Å². The van der Waals surface area contributed by atoms with Crippen LogP contribution in [0.1, 0.15) is 19.2 Å². The first-order valence-electron chi connectivity index (χ1n) is 5.07. The number of halogens is 2. The van der Waals surface area contributed by atoms with E-state index in [-0.39, 0.29) is 5.82 Å². The smallest absolute Gasteiger partial charge is 0.182 e. The van der Waals surface area contributed by atoms with E-state index in [2.05, 4.69) is 38.0 Å². The fraction of sp³-hybridized carbons (Fsp3) is 0.273. The summed E-state index contributed by atoms with van der Waals surface area (Å²) in [5, 5.41) is 6.98. The number of hydrogen-bond acceptors (Lipinski definition) is 2. The Kier molecular flexibility index (Phi) is 3.33. The van der Waals surface area contributed by atoms with Crippen molar-refractivity contribution in [3.63, 3.8) is 0 Å². The van der Waals surface area contributed by atoms with E-state index < -0.39 is 0 Å². The fourth-order valence-electron chi connectivity index (χ4n) is 1.44. The Labute approximate surface area is 101 Å². The minimum absolute atomic E-state index is 0.278. The van der Waals surface area contributed by atoms with Crippen molar-refractivity contribution in [1.82, 2.24) is 15.2 Å². The van der Waals surface area contributed by atoms with E-state index in [4.69, 9.17) is 0 Å². The second kappa shape index (κ2) is 4.74. The summed E-state index contributed by atoms with van der Waals surface area (Å²) in [4.78, 5) is 4.34. The van der Waals surface area contributed by atoms with Gasteiger partial charge in [0.15, 0.2) is 5.82 Å². The third-order valence-corrected chi connectivity index (χ3v) is 2.85. The van der Waals surface area contributed by atoms with Gasteiger partial charge < -0.3 is 0 Å². The van der Waals surface area contributed by atoms with Crippen molar-refractivity contribution in [2.24, 2.45) is 0 Å². The van der Waals surface area contributed by atoms with Crippen molar-refractivity contribution in [3.05, 3.63) is 34.3 Å². The van der Waals surface area contributed by atoms with Gasteiger partial charge in [0.25, 0.3) is 0 Å². The normalized spacial score (nSPS) is 10.7. The molecule has 1 N–H and O–H groups in total. The van der Waals surface area contributed by atoms with Crippen molar-refractivity contribution in [2.75, 3.05) is 0 Å². The molecule has 0 spiro atoms. The lowest BCUT2D eigenvalue weighted by atomic mass is 10.2. The molecule has 0 radical (unpaired) electrons. The van der Waals surface area contributed by atoms with Crippen molar-refractivity contribution in [3.8, 4) is 11.4 Å². The van der Waals surface area contributed by atoms with Crippen LogP contribution in [-0.4, -0.2) is 15.2 Å². The maximum absolute atomic E-state index is 12.9. The molecule has 3 nitrogen and oxygen atoms in total. The molecule has 0 aliphatic rings. The van der Waals surface area contributed by atoms with Crippen molar-refractivity contribution in [1.29, 1.82) is 0 Å². The largest absolute Gasteiger partial charge is 0.263 e. The van der Waals surface area contributed by atoms with Crippen molar-refractivity contribution >= 4 is 15.9 Å². The van der Waals surface area contributed by atoms with Gasteiger partial charge in [0.1, 0.15) is 11.6 Å². The van der Waals surface area contributed by atoms with Gasteiger partial charge in [-0.25, -0.2) is 9.37 Å². The van der Waals surface area contributed by atoms with Crippen LogP contribution in [0.25, 0.3) is 11.4 Å². The molecular formula is C11H11BrFN3. The molecule has 2 aromatic rings. The number of aryl methyl sites for hydroxylation is 1. The Morgan fingerprint density at radius 2 is 2.25 bits per heavy atom. The van der Waals surface area contributed by atoms with Gasteiger partial charge in [0.2, 0.25) is 0 Å². The Morgan fingerprint density at radius 3 is 2.94 bits per heavy atom. The van der Waals surface area contributed by atoms with Gasteiger partial charge in [-0.05, 0) is 40.5 Å². The highest BCUT2D eigenvalue weighted by Crippen LogP contribution is 2.26. The molecule has 16 heavy (non-hydrogen) atoms. The number of nitrogens with one attached hydrogen (secondary N) is 1. The predicted molar refractivity (Wildman–Crippen MR) is 63.5 cm³/mol. The van der Waals surface area contributed by atoms with E-state index in [1.165, 1.54) is 12.1 Å². The maximum atomic E-state index is 12.9. The van der Waals surface area contributed by atoms with E-state index in [0.717, 1.165) is 24.2 Å². The van der Waals surface area contributed by atoms with E-state index >= 15 is 0 Å². The molecule has 0 fully saturated rings. The minimum Gasteiger partial charge on any atom is -0.263 e. The van der Waals surface area contributed by atoms with Crippen LogP contribution >= 0.6 is 15.9 Å². The monoisotopic (exact) mass is 283 g/mol. The number of nitrogens with zero attached hydrogens (tertiary/aromatic N) is 2. The first-order chi connectivity index (χ1) is 7.70. The van der Waals surface area contributed by atoms with Crippen LogP contribution in [0.5, 0.6) is 0 Å². The van der Waals surface area contributed by atoms with E-state index in [1.807, 2.05) is 0 Å². The SMILES string of the molecule is CCCc1nc(-c2ccc(F)cc2Br)n[nH]1. The molecule has 0 saturated carbocycles. The average molecular weight is 284 g/mol. The molecule has 0 bridgehead atoms. The molecule has 1 aromatic carbocycles. The summed E-state index contributed by atoms with van der Waals surface area (Å²) >= 11 is 3.30. The summed E-state index contributed by atoms with van der Waals surface area (Å²) in [7, 11) is 0. The standard InChI is InChI=1S/C11H11BrFN3/c1-2-3-10-14-11(16-15-10)8-5-4-7(13)6-9(8)12/h4-6H,2-3H2,1H3,(H,14,15,16). The quantitative estimate of drug-likeness (QED) is 0.939. The van der Waals surface area contributed by atoms with Crippen LogP contribution in [0.15, 0.2) is 22.7 Å². The highest BCUT2D eigenvalue weighted by Gasteiger charge is 2.09. The number of H-pyrrole nitrogens is 1. The van der Waals surface area contributed by atoms with Crippen LogP contribution in [0, 0.1) is 5.82 Å². The van der Waals surface area contributed by atoms with Crippen LogP contribution in [0.4, 0.5) is 4.39 Å². The van der Waals surface area contributed by atoms with Gasteiger partial charge in [-0.2, -0.15) is 5.10 Å². The minimum atomic E-state index is -0.278. The highest BCUT2D eigenvalue weighted by molar-refractivity contribution is 9.10. The van der Waals surface area contributed by atoms with Crippen LogP contribution in [0.3, 0.4) is 0 Å². The maximum Gasteiger partial charge on any atom is 0.182 e. The molecular weight excluding hydrogens is 273 g/mol. The van der Waals surface area contributed by atoms with Gasteiger partial charge in [-0.3, -0.25) is 5.10 Å². The summed E-state index contributed by atoms with van der Waals surface area (Å²) in [6, 6.07) is 4.47. The van der Waals surface area contributed by atoms with Gasteiger partial charge in [-0.1, -0.05) is 6.92 Å². The zero-order valence-corrected chi connectivity index (χ0v) is 10.4. The number of hydrogen-bond donors (Lipinski definition) is 1. The van der Waals surface area contributed by atoms with Gasteiger partial charge in [0, 0.05) is 16.5 Å². The molecule has 0 aliphatic heterocycles. The Morgan fingerprint density at radius 1 is 1.44 bits per heavy atom. The summed E-state index contributed by atoms with van der Waals surface area (Å²) in [5.74, 6) is 1.17. The molecule has 0 aliphatic carbocycles. The first kappa shape index (κ1) is 11.3. The molecule has 0 amide bonds. The molecule has 0 unspecified atom stereocenters. The predicted octanol–water partition coefficient (Wildman–Crippen LogP) is 3.33. The second-order valence-corrected chi connectivity index (χ2v) is 4.33. The number of benzene rings is 1. The summed E-state index contributed by atoms with van der Waals surface area (Å²) in [6.07, 6.45) is 1.88. The molecule has 1 heterocycles. The molecule has 84 valence electrons. The summed E-state index contributed by atoms with van der Waals surface area (Å²) in [5.41, 5.74) is 0.792.